The van der Waals surface area contributed by atoms with Gasteiger partial charge in [-0.05, 0) is 31.4 Å². The van der Waals surface area contributed by atoms with E-state index in [0.29, 0.717) is 23.4 Å². The summed E-state index contributed by atoms with van der Waals surface area (Å²) in [6.45, 7) is 0. The number of anilines is 1. The predicted molar refractivity (Wildman–Crippen MR) is 76.2 cm³/mol. The van der Waals surface area contributed by atoms with Crippen molar-refractivity contribution in [2.45, 2.75) is 30.2 Å². The summed E-state index contributed by atoms with van der Waals surface area (Å²) >= 11 is 0. The highest BCUT2D eigenvalue weighted by atomic mass is 32.2. The summed E-state index contributed by atoms with van der Waals surface area (Å²) in [4.78, 5) is 4.63. The summed E-state index contributed by atoms with van der Waals surface area (Å²) in [5, 5.41) is 10.2. The molecule has 1 aromatic carbocycles. The van der Waals surface area contributed by atoms with Gasteiger partial charge >= 0.3 is 0 Å². The highest BCUT2D eigenvalue weighted by Gasteiger charge is 2.19. The molecule has 7 heteroatoms. The van der Waals surface area contributed by atoms with E-state index in [1.54, 1.807) is 18.2 Å². The van der Waals surface area contributed by atoms with Gasteiger partial charge in [-0.1, -0.05) is 12.1 Å². The van der Waals surface area contributed by atoms with E-state index in [2.05, 4.69) is 20.5 Å². The Morgan fingerprint density at radius 3 is 2.80 bits per heavy atom. The number of hydrogen-bond acceptors (Lipinski definition) is 5. The lowest BCUT2D eigenvalue weighted by Crippen LogP contribution is -2.27. The number of aromatic nitrogens is 3. The van der Waals surface area contributed by atoms with E-state index < -0.39 is 9.84 Å². The molecule has 106 valence electrons. The Morgan fingerprint density at radius 1 is 1.35 bits per heavy atom. The van der Waals surface area contributed by atoms with Crippen molar-refractivity contribution in [1.82, 2.24) is 15.2 Å². The lowest BCUT2D eigenvalue weighted by molar-refractivity contribution is 0.443. The van der Waals surface area contributed by atoms with Gasteiger partial charge in [0.1, 0.15) is 0 Å². The number of sulfone groups is 1. The van der Waals surface area contributed by atoms with Crippen LogP contribution < -0.4 is 5.32 Å². The maximum Gasteiger partial charge on any atom is 0.242 e. The van der Waals surface area contributed by atoms with E-state index in [9.17, 15) is 8.42 Å². The fourth-order valence-electron chi connectivity index (χ4n) is 2.06. The molecule has 2 aromatic rings. The van der Waals surface area contributed by atoms with Crippen molar-refractivity contribution in [2.24, 2.45) is 0 Å². The quantitative estimate of drug-likeness (QED) is 0.897. The average molecular weight is 292 g/mol. The summed E-state index contributed by atoms with van der Waals surface area (Å²) in [6, 6.07) is 7.14. The van der Waals surface area contributed by atoms with E-state index >= 15 is 0 Å². The van der Waals surface area contributed by atoms with Gasteiger partial charge in [-0.3, -0.25) is 5.10 Å². The standard InChI is InChI=1S/C13H16N4O2S/c1-20(18,19)11-7-2-4-9(8-11)12-15-13(17-16-12)14-10-5-3-6-10/h2,4,7-8,10H,3,5-6H2,1H3,(H2,14,15,16,17). The third-order valence-electron chi connectivity index (χ3n) is 3.46. The van der Waals surface area contributed by atoms with Crippen LogP contribution in [-0.4, -0.2) is 35.9 Å². The SMILES string of the molecule is CS(=O)(=O)c1cccc(-c2nc(NC3CCC3)n[nH]2)c1. The predicted octanol–water partition coefficient (Wildman–Crippen LogP) is 1.84. The van der Waals surface area contributed by atoms with Crippen molar-refractivity contribution < 1.29 is 8.42 Å². The lowest BCUT2D eigenvalue weighted by Gasteiger charge is -2.25. The molecule has 1 heterocycles. The van der Waals surface area contributed by atoms with Crippen LogP contribution in [-0.2, 0) is 9.84 Å². The van der Waals surface area contributed by atoms with Gasteiger partial charge in [0, 0.05) is 17.9 Å². The molecular weight excluding hydrogens is 276 g/mol. The zero-order valence-corrected chi connectivity index (χ0v) is 11.9. The van der Waals surface area contributed by atoms with E-state index in [0.717, 1.165) is 12.8 Å². The van der Waals surface area contributed by atoms with Crippen molar-refractivity contribution in [2.75, 3.05) is 11.6 Å². The molecule has 1 fully saturated rings. The number of H-pyrrole nitrogens is 1. The van der Waals surface area contributed by atoms with Crippen LogP contribution in [0, 0.1) is 0 Å². The van der Waals surface area contributed by atoms with E-state index in [4.69, 9.17) is 0 Å². The summed E-state index contributed by atoms with van der Waals surface area (Å²) in [6.07, 6.45) is 4.72. The molecule has 0 saturated heterocycles. The fraction of sp³-hybridized carbons (Fsp3) is 0.385. The molecule has 1 aliphatic rings. The molecule has 0 atom stereocenters. The second kappa shape index (κ2) is 4.90. The Kier molecular flexibility index (Phi) is 3.21. The van der Waals surface area contributed by atoms with Crippen molar-refractivity contribution in [3.05, 3.63) is 24.3 Å². The maximum absolute atomic E-state index is 11.6. The van der Waals surface area contributed by atoms with Gasteiger partial charge in [0.2, 0.25) is 5.95 Å². The molecule has 0 radical (unpaired) electrons. The first kappa shape index (κ1) is 13.1. The zero-order valence-electron chi connectivity index (χ0n) is 11.1. The number of aromatic amines is 1. The molecular formula is C13H16N4O2S. The molecule has 1 aliphatic carbocycles. The van der Waals surface area contributed by atoms with Crippen molar-refractivity contribution in [3.63, 3.8) is 0 Å². The van der Waals surface area contributed by atoms with Crippen LogP contribution in [0.25, 0.3) is 11.4 Å². The first-order valence-corrected chi connectivity index (χ1v) is 8.41. The van der Waals surface area contributed by atoms with Crippen LogP contribution in [0.5, 0.6) is 0 Å². The van der Waals surface area contributed by atoms with Crippen molar-refractivity contribution >= 4 is 15.8 Å². The van der Waals surface area contributed by atoms with Gasteiger partial charge in [0.15, 0.2) is 15.7 Å². The summed E-state index contributed by atoms with van der Waals surface area (Å²) < 4.78 is 23.1. The lowest BCUT2D eigenvalue weighted by atomic mass is 9.93. The van der Waals surface area contributed by atoms with Crippen LogP contribution in [0.15, 0.2) is 29.2 Å². The largest absolute Gasteiger partial charge is 0.350 e. The number of nitrogens with zero attached hydrogens (tertiary/aromatic N) is 2. The second-order valence-electron chi connectivity index (χ2n) is 5.08. The van der Waals surface area contributed by atoms with Gasteiger partial charge in [-0.25, -0.2) is 8.42 Å². The topological polar surface area (TPSA) is 87.7 Å². The van der Waals surface area contributed by atoms with Crippen LogP contribution in [0.3, 0.4) is 0 Å². The summed E-state index contributed by atoms with van der Waals surface area (Å²) in [5.74, 6) is 1.13. The third-order valence-corrected chi connectivity index (χ3v) is 4.57. The molecule has 2 N–H and O–H groups in total. The Labute approximate surface area is 117 Å². The van der Waals surface area contributed by atoms with Gasteiger partial charge in [0.25, 0.3) is 0 Å². The first-order valence-electron chi connectivity index (χ1n) is 6.52. The summed E-state index contributed by atoms with van der Waals surface area (Å²) in [5.41, 5.74) is 0.710. The fourth-order valence-corrected chi connectivity index (χ4v) is 2.73. The van der Waals surface area contributed by atoms with E-state index in [1.807, 2.05) is 6.07 Å². The highest BCUT2D eigenvalue weighted by molar-refractivity contribution is 7.90. The zero-order chi connectivity index (χ0) is 14.2. The molecule has 0 unspecified atom stereocenters. The van der Waals surface area contributed by atoms with E-state index in [-0.39, 0.29) is 4.90 Å². The van der Waals surface area contributed by atoms with Gasteiger partial charge in [-0.15, -0.1) is 5.10 Å². The minimum Gasteiger partial charge on any atom is -0.350 e. The number of benzene rings is 1. The maximum atomic E-state index is 11.6. The molecule has 1 saturated carbocycles. The smallest absolute Gasteiger partial charge is 0.242 e. The number of rotatable bonds is 4. The summed E-state index contributed by atoms with van der Waals surface area (Å²) in [7, 11) is -3.22. The van der Waals surface area contributed by atoms with Gasteiger partial charge in [-0.2, -0.15) is 4.98 Å². The molecule has 0 bridgehead atoms. The van der Waals surface area contributed by atoms with Crippen LogP contribution >= 0.6 is 0 Å². The average Bonchev–Trinajstić information content (AvgIpc) is 2.82. The van der Waals surface area contributed by atoms with Gasteiger partial charge in [0.05, 0.1) is 4.90 Å². The number of hydrogen-bond donors (Lipinski definition) is 2. The normalized spacial score (nSPS) is 15.8. The molecule has 0 aliphatic heterocycles. The minimum atomic E-state index is -3.22. The molecule has 20 heavy (non-hydrogen) atoms. The molecule has 1 aromatic heterocycles. The van der Waals surface area contributed by atoms with E-state index in [1.165, 1.54) is 12.7 Å². The molecule has 6 nitrogen and oxygen atoms in total. The Balaban J connectivity index is 1.85. The van der Waals surface area contributed by atoms with Crippen LogP contribution in [0.4, 0.5) is 5.95 Å². The van der Waals surface area contributed by atoms with Gasteiger partial charge < -0.3 is 5.32 Å². The molecule has 3 rings (SSSR count). The van der Waals surface area contributed by atoms with Crippen LogP contribution in [0.1, 0.15) is 19.3 Å². The van der Waals surface area contributed by atoms with Crippen molar-refractivity contribution in [3.8, 4) is 11.4 Å². The molecule has 0 amide bonds. The third kappa shape index (κ3) is 2.67. The Bertz CT molecular complexity index is 719. The number of nitrogens with one attached hydrogen (secondary N) is 2. The minimum absolute atomic E-state index is 0.278. The highest BCUT2D eigenvalue weighted by Crippen LogP contribution is 2.23. The monoisotopic (exact) mass is 292 g/mol. The Hall–Kier alpha value is -1.89. The second-order valence-corrected chi connectivity index (χ2v) is 7.10. The Morgan fingerprint density at radius 2 is 2.15 bits per heavy atom. The molecule has 0 spiro atoms. The van der Waals surface area contributed by atoms with Crippen molar-refractivity contribution in [1.29, 1.82) is 0 Å². The first-order chi connectivity index (χ1) is 9.52. The van der Waals surface area contributed by atoms with Crippen LogP contribution in [0.2, 0.25) is 0 Å².